The molecule has 0 radical (unpaired) electrons. The van der Waals surface area contributed by atoms with Gasteiger partial charge in [0.2, 0.25) is 11.8 Å². The largest absolute Gasteiger partial charge is 0.464 e. The Hall–Kier alpha value is -2.93. The Bertz CT molecular complexity index is 690. The van der Waals surface area contributed by atoms with Crippen LogP contribution in [-0.4, -0.2) is 48.7 Å². The molecule has 3 N–H and O–H groups in total. The molecule has 2 atom stereocenters. The zero-order chi connectivity index (χ0) is 22.2. The minimum absolute atomic E-state index is 0.0255. The lowest BCUT2D eigenvalue weighted by molar-refractivity contribution is -0.144. The van der Waals surface area contributed by atoms with Crippen LogP contribution < -0.4 is 10.6 Å². The fourth-order valence-electron chi connectivity index (χ4n) is 2.83. The second kappa shape index (κ2) is 15.0. The molecule has 0 fully saturated rings. The summed E-state index contributed by atoms with van der Waals surface area (Å²) < 4.78 is 5.01. The number of allylic oxidation sites excluding steroid dienone is 2. The highest BCUT2D eigenvalue weighted by Crippen LogP contribution is 2.11. The van der Waals surface area contributed by atoms with Gasteiger partial charge in [0, 0.05) is 12.8 Å². The topological polar surface area (TPSA) is 105 Å². The summed E-state index contributed by atoms with van der Waals surface area (Å²) in [5.41, 5.74) is 1.000. The molecule has 0 aliphatic carbocycles. The average Bonchev–Trinajstić information content (AvgIpc) is 2.75. The van der Waals surface area contributed by atoms with E-state index in [1.165, 1.54) is 0 Å². The predicted octanol–water partition coefficient (Wildman–Crippen LogP) is 1.91. The normalized spacial score (nSPS) is 12.3. The van der Waals surface area contributed by atoms with Crippen molar-refractivity contribution in [1.82, 2.24) is 10.6 Å². The fourth-order valence-corrected chi connectivity index (χ4v) is 2.83. The van der Waals surface area contributed by atoms with Crippen molar-refractivity contribution < 1.29 is 24.2 Å². The van der Waals surface area contributed by atoms with Gasteiger partial charge >= 0.3 is 5.97 Å². The van der Waals surface area contributed by atoms with Crippen LogP contribution in [0.3, 0.4) is 0 Å². The molecule has 2 amide bonds. The van der Waals surface area contributed by atoms with E-state index >= 15 is 0 Å². The molecule has 7 nitrogen and oxygen atoms in total. The number of nitrogens with one attached hydrogen (secondary N) is 2. The number of esters is 1. The highest BCUT2D eigenvalue weighted by atomic mass is 16.5. The molecular formula is C23H32N2O5. The van der Waals surface area contributed by atoms with E-state index < -0.39 is 12.0 Å². The zero-order valence-corrected chi connectivity index (χ0v) is 17.3. The van der Waals surface area contributed by atoms with Crippen LogP contribution in [0.5, 0.6) is 0 Å². The first kappa shape index (κ1) is 25.1. The van der Waals surface area contributed by atoms with Gasteiger partial charge in [-0.1, -0.05) is 42.5 Å². The third-order valence-corrected chi connectivity index (χ3v) is 4.38. The summed E-state index contributed by atoms with van der Waals surface area (Å²) in [7, 11) is 0. The van der Waals surface area contributed by atoms with Crippen molar-refractivity contribution in [3.8, 4) is 0 Å². The Labute approximate surface area is 178 Å². The maximum atomic E-state index is 12.4. The lowest BCUT2D eigenvalue weighted by Gasteiger charge is -2.19. The lowest BCUT2D eigenvalue weighted by atomic mass is 9.99. The monoisotopic (exact) mass is 416 g/mol. The van der Waals surface area contributed by atoms with Gasteiger partial charge in [-0.2, -0.15) is 0 Å². The van der Waals surface area contributed by atoms with Crippen LogP contribution in [0.25, 0.3) is 0 Å². The van der Waals surface area contributed by atoms with E-state index in [2.05, 4.69) is 23.8 Å². The number of aliphatic hydroxyl groups excluding tert-OH is 1. The van der Waals surface area contributed by atoms with E-state index in [0.717, 1.165) is 5.56 Å². The van der Waals surface area contributed by atoms with E-state index in [9.17, 15) is 19.5 Å². The summed E-state index contributed by atoms with van der Waals surface area (Å²) in [5.74, 6) is -1.56. The van der Waals surface area contributed by atoms with Crippen molar-refractivity contribution in [2.45, 2.75) is 38.1 Å². The number of amides is 2. The number of carbonyl (C=O) groups is 3. The summed E-state index contributed by atoms with van der Waals surface area (Å²) in [6, 6.07) is 9.11. The first-order chi connectivity index (χ1) is 14.5. The molecule has 30 heavy (non-hydrogen) atoms. The fraction of sp³-hybridized carbons (Fsp3) is 0.435. The van der Waals surface area contributed by atoms with Crippen molar-refractivity contribution in [3.05, 3.63) is 61.2 Å². The van der Waals surface area contributed by atoms with Gasteiger partial charge in [0.05, 0.1) is 25.1 Å². The van der Waals surface area contributed by atoms with Gasteiger partial charge in [-0.15, -0.1) is 13.2 Å². The van der Waals surface area contributed by atoms with Crippen LogP contribution in [0.4, 0.5) is 0 Å². The van der Waals surface area contributed by atoms with Gasteiger partial charge in [-0.25, -0.2) is 0 Å². The lowest BCUT2D eigenvalue weighted by Crippen LogP contribution is -2.42. The van der Waals surface area contributed by atoms with Gasteiger partial charge in [0.15, 0.2) is 0 Å². The van der Waals surface area contributed by atoms with Gasteiger partial charge < -0.3 is 20.5 Å². The van der Waals surface area contributed by atoms with Gasteiger partial charge in [0.25, 0.3) is 0 Å². The summed E-state index contributed by atoms with van der Waals surface area (Å²) in [6.07, 6.45) is 4.82. The summed E-state index contributed by atoms with van der Waals surface area (Å²) >= 11 is 0. The van der Waals surface area contributed by atoms with Crippen molar-refractivity contribution in [2.75, 3.05) is 19.8 Å². The van der Waals surface area contributed by atoms with E-state index in [1.54, 1.807) is 12.2 Å². The van der Waals surface area contributed by atoms with Crippen LogP contribution in [0.1, 0.15) is 31.2 Å². The number of carbonyl (C=O) groups excluding carboxylic acids is 3. The Morgan fingerprint density at radius 2 is 1.87 bits per heavy atom. The molecule has 2 unspecified atom stereocenters. The summed E-state index contributed by atoms with van der Waals surface area (Å²) in [6.45, 7) is 7.22. The van der Waals surface area contributed by atoms with E-state index in [0.29, 0.717) is 19.3 Å². The molecule has 1 rings (SSSR count). The van der Waals surface area contributed by atoms with Crippen LogP contribution in [0, 0.1) is 5.92 Å². The van der Waals surface area contributed by atoms with Crippen molar-refractivity contribution in [3.63, 3.8) is 0 Å². The standard InChI is InChI=1S/C23H32N2O5/c1-3-5-12-22(28)30-14-13-24-23(29)19(9-4-2)16-21(27)25-20(17-26)15-18-10-7-6-8-11-18/h3-4,6-8,10-11,19-20,26H,1-2,5,9,12-17H2,(H,24,29)(H,25,27). The minimum atomic E-state index is -0.588. The Kier molecular flexibility index (Phi) is 12.5. The molecule has 0 heterocycles. The third kappa shape index (κ3) is 10.6. The second-order valence-electron chi connectivity index (χ2n) is 6.90. The van der Waals surface area contributed by atoms with E-state index in [-0.39, 0.29) is 50.4 Å². The molecule has 7 heteroatoms. The highest BCUT2D eigenvalue weighted by Gasteiger charge is 2.22. The molecule has 0 bridgehead atoms. The van der Waals surface area contributed by atoms with Crippen LogP contribution in [-0.2, 0) is 25.5 Å². The van der Waals surface area contributed by atoms with Crippen LogP contribution >= 0.6 is 0 Å². The van der Waals surface area contributed by atoms with Crippen LogP contribution in [0.2, 0.25) is 0 Å². The molecule has 0 saturated heterocycles. The molecule has 1 aromatic carbocycles. The first-order valence-electron chi connectivity index (χ1n) is 10.1. The quantitative estimate of drug-likeness (QED) is 0.230. The summed E-state index contributed by atoms with van der Waals surface area (Å²) in [5, 5.41) is 15.0. The van der Waals surface area contributed by atoms with Crippen molar-refractivity contribution in [2.24, 2.45) is 5.92 Å². The van der Waals surface area contributed by atoms with Gasteiger partial charge in [0.1, 0.15) is 6.61 Å². The number of rotatable bonds is 15. The Balaban J connectivity index is 2.45. The third-order valence-electron chi connectivity index (χ3n) is 4.38. The maximum Gasteiger partial charge on any atom is 0.306 e. The number of ether oxygens (including phenoxy) is 1. The molecule has 0 aliphatic heterocycles. The van der Waals surface area contributed by atoms with Crippen molar-refractivity contribution in [1.29, 1.82) is 0 Å². The SMILES string of the molecule is C=CCCC(=O)OCCNC(=O)C(CC=C)CC(=O)NC(CO)Cc1ccccc1. The van der Waals surface area contributed by atoms with E-state index in [4.69, 9.17) is 4.74 Å². The maximum absolute atomic E-state index is 12.4. The molecule has 0 aliphatic rings. The minimum Gasteiger partial charge on any atom is -0.464 e. The number of aliphatic hydroxyl groups is 1. The van der Waals surface area contributed by atoms with Crippen molar-refractivity contribution >= 4 is 17.8 Å². The second-order valence-corrected chi connectivity index (χ2v) is 6.90. The molecule has 1 aromatic rings. The molecule has 0 saturated carbocycles. The smallest absolute Gasteiger partial charge is 0.306 e. The Morgan fingerprint density at radius 1 is 1.13 bits per heavy atom. The number of benzene rings is 1. The molecule has 164 valence electrons. The summed E-state index contributed by atoms with van der Waals surface area (Å²) in [4.78, 5) is 36.2. The predicted molar refractivity (Wildman–Crippen MR) is 115 cm³/mol. The van der Waals surface area contributed by atoms with Gasteiger partial charge in [-0.05, 0) is 24.8 Å². The zero-order valence-electron chi connectivity index (χ0n) is 17.3. The number of hydrogen-bond donors (Lipinski definition) is 3. The molecular weight excluding hydrogens is 384 g/mol. The van der Waals surface area contributed by atoms with E-state index in [1.807, 2.05) is 30.3 Å². The van der Waals surface area contributed by atoms with Crippen LogP contribution in [0.15, 0.2) is 55.6 Å². The van der Waals surface area contributed by atoms with Gasteiger partial charge in [-0.3, -0.25) is 14.4 Å². The molecule has 0 spiro atoms. The highest BCUT2D eigenvalue weighted by molar-refractivity contribution is 5.86. The first-order valence-corrected chi connectivity index (χ1v) is 10.1. The Morgan fingerprint density at radius 3 is 2.50 bits per heavy atom. The average molecular weight is 417 g/mol. The molecule has 0 aromatic heterocycles. The number of hydrogen-bond acceptors (Lipinski definition) is 5.